The maximum atomic E-state index is 12.7. The van der Waals surface area contributed by atoms with Gasteiger partial charge in [0, 0.05) is 0 Å². The van der Waals surface area contributed by atoms with Crippen molar-refractivity contribution in [2.75, 3.05) is 26.4 Å². The molecule has 0 fully saturated rings. The Morgan fingerprint density at radius 1 is 0.850 bits per heavy atom. The zero-order chi connectivity index (χ0) is 15.6. The summed E-state index contributed by atoms with van der Waals surface area (Å²) in [6, 6.07) is 0. The van der Waals surface area contributed by atoms with Crippen LogP contribution in [0.4, 0.5) is 0 Å². The molecule has 0 saturated heterocycles. The lowest BCUT2D eigenvalue weighted by Crippen LogP contribution is -2.15. The van der Waals surface area contributed by atoms with E-state index in [2.05, 4.69) is 4.99 Å². The monoisotopic (exact) mass is 329 g/mol. The normalized spacial score (nSPS) is 12.4. The highest BCUT2D eigenvalue weighted by Crippen LogP contribution is 2.70. The van der Waals surface area contributed by atoms with Crippen LogP contribution in [0.15, 0.2) is 4.99 Å². The SMILES string of the molecule is CCOP(=O)(OCC)C(N=C=O)P(=O)(OCC)OCC. The minimum absolute atomic E-state index is 0.0282. The summed E-state index contributed by atoms with van der Waals surface area (Å²) in [7, 11) is -7.94. The molecule has 0 aliphatic heterocycles. The topological polar surface area (TPSA) is 100 Å². The highest BCUT2D eigenvalue weighted by Gasteiger charge is 2.51. The van der Waals surface area contributed by atoms with Crippen LogP contribution in [0.5, 0.6) is 0 Å². The number of hydrogen-bond donors (Lipinski definition) is 0. The molecule has 10 heteroatoms. The van der Waals surface area contributed by atoms with Gasteiger partial charge < -0.3 is 18.1 Å². The molecule has 20 heavy (non-hydrogen) atoms. The number of hydrogen-bond acceptors (Lipinski definition) is 8. The zero-order valence-electron chi connectivity index (χ0n) is 12.1. The third-order valence-electron chi connectivity index (χ3n) is 1.97. The molecule has 0 N–H and O–H groups in total. The first-order valence-corrected chi connectivity index (χ1v) is 9.50. The van der Waals surface area contributed by atoms with E-state index in [0.29, 0.717) is 0 Å². The Labute approximate surface area is 118 Å². The van der Waals surface area contributed by atoms with E-state index in [4.69, 9.17) is 18.1 Å². The molecule has 0 aromatic carbocycles. The summed E-state index contributed by atoms with van der Waals surface area (Å²) in [4.78, 5) is 13.9. The second kappa shape index (κ2) is 9.59. The molecule has 0 radical (unpaired) electrons. The van der Waals surface area contributed by atoms with Gasteiger partial charge in [-0.1, -0.05) is 0 Å². The van der Waals surface area contributed by atoms with Gasteiger partial charge in [0.15, 0.2) is 0 Å². The Kier molecular flexibility index (Phi) is 9.43. The highest BCUT2D eigenvalue weighted by molar-refractivity contribution is 7.72. The fourth-order valence-corrected chi connectivity index (χ4v) is 6.11. The van der Waals surface area contributed by atoms with Crippen LogP contribution in [-0.2, 0) is 32.0 Å². The number of rotatable bonds is 11. The number of nitrogens with zero attached hydrogens (tertiary/aromatic N) is 1. The summed E-state index contributed by atoms with van der Waals surface area (Å²) in [5, 5.41) is 0. The molecule has 0 aromatic rings. The van der Waals surface area contributed by atoms with Gasteiger partial charge in [-0.3, -0.25) is 9.13 Å². The van der Waals surface area contributed by atoms with Gasteiger partial charge in [-0.2, -0.15) is 4.99 Å². The molecule has 0 saturated carbocycles. The second-order valence-corrected chi connectivity index (χ2v) is 7.90. The predicted octanol–water partition coefficient (Wildman–Crippen LogP) is 3.14. The number of carbonyl (C=O) groups excluding carboxylic acids is 1. The van der Waals surface area contributed by atoms with Crippen LogP contribution in [0.25, 0.3) is 0 Å². The summed E-state index contributed by atoms with van der Waals surface area (Å²) in [5.74, 6) is 0. The van der Waals surface area contributed by atoms with Crippen LogP contribution >= 0.6 is 15.2 Å². The van der Waals surface area contributed by atoms with E-state index in [9.17, 15) is 13.9 Å². The third-order valence-corrected chi connectivity index (χ3v) is 7.50. The van der Waals surface area contributed by atoms with E-state index in [1.54, 1.807) is 27.7 Å². The fraction of sp³-hybridized carbons (Fsp3) is 0.900. The van der Waals surface area contributed by atoms with Crippen LogP contribution in [-0.4, -0.2) is 38.0 Å². The standard InChI is InChI=1S/C10H21NO7P2/c1-5-15-19(13,16-6-2)10(11-9-12)20(14,17-7-3)18-8-4/h10H,5-8H2,1-4H3. The number of isocyanates is 1. The predicted molar refractivity (Wildman–Crippen MR) is 73.6 cm³/mol. The molecule has 0 bridgehead atoms. The molecule has 8 nitrogen and oxygen atoms in total. The Balaban J connectivity index is 5.72. The molecule has 0 atom stereocenters. The summed E-state index contributed by atoms with van der Waals surface area (Å²) >= 11 is 0. The van der Waals surface area contributed by atoms with Crippen LogP contribution in [0.3, 0.4) is 0 Å². The Morgan fingerprint density at radius 3 is 1.35 bits per heavy atom. The molecule has 0 rings (SSSR count). The van der Waals surface area contributed by atoms with E-state index in [1.165, 1.54) is 6.08 Å². The lowest BCUT2D eigenvalue weighted by molar-refractivity contribution is 0.196. The molecule has 0 spiro atoms. The van der Waals surface area contributed by atoms with Crippen molar-refractivity contribution in [3.8, 4) is 0 Å². The summed E-state index contributed by atoms with van der Waals surface area (Å²) < 4.78 is 45.5. The van der Waals surface area contributed by atoms with E-state index >= 15 is 0 Å². The van der Waals surface area contributed by atoms with Crippen molar-refractivity contribution in [1.29, 1.82) is 0 Å². The van der Waals surface area contributed by atoms with Gasteiger partial charge in [-0.05, 0) is 27.7 Å². The zero-order valence-corrected chi connectivity index (χ0v) is 13.9. The molecule has 0 heterocycles. The summed E-state index contributed by atoms with van der Waals surface area (Å²) in [6.45, 7) is 6.44. The van der Waals surface area contributed by atoms with Crippen molar-refractivity contribution in [1.82, 2.24) is 0 Å². The Bertz CT molecular complexity index is 372. The van der Waals surface area contributed by atoms with Gasteiger partial charge in [0.25, 0.3) is 5.52 Å². The molecule has 0 amide bonds. The number of aliphatic imine (C=N–C) groups is 1. The summed E-state index contributed by atoms with van der Waals surface area (Å²) in [5.41, 5.74) is -1.67. The van der Waals surface area contributed by atoms with E-state index in [1.807, 2.05) is 0 Å². The molecule has 0 aromatic heterocycles. The minimum Gasteiger partial charge on any atom is -0.307 e. The average Bonchev–Trinajstić information content (AvgIpc) is 2.36. The molecule has 0 unspecified atom stereocenters. The van der Waals surface area contributed by atoms with E-state index in [-0.39, 0.29) is 26.4 Å². The lowest BCUT2D eigenvalue weighted by atomic mass is 10.9. The van der Waals surface area contributed by atoms with Gasteiger partial charge in [0.1, 0.15) is 0 Å². The molecule has 0 aliphatic carbocycles. The first-order valence-electron chi connectivity index (χ1n) is 6.28. The van der Waals surface area contributed by atoms with Gasteiger partial charge >= 0.3 is 15.2 Å². The summed E-state index contributed by atoms with van der Waals surface area (Å²) in [6.07, 6.45) is 1.22. The maximum absolute atomic E-state index is 12.7. The van der Waals surface area contributed by atoms with Crippen LogP contribution in [0.1, 0.15) is 27.7 Å². The van der Waals surface area contributed by atoms with Crippen LogP contribution in [0, 0.1) is 0 Å². The van der Waals surface area contributed by atoms with Crippen molar-refractivity contribution in [3.63, 3.8) is 0 Å². The van der Waals surface area contributed by atoms with Crippen molar-refractivity contribution in [3.05, 3.63) is 0 Å². The van der Waals surface area contributed by atoms with Crippen molar-refractivity contribution in [2.24, 2.45) is 4.99 Å². The molecular weight excluding hydrogens is 308 g/mol. The molecular formula is C10H21NO7P2. The minimum atomic E-state index is -3.97. The first kappa shape index (κ1) is 19.7. The van der Waals surface area contributed by atoms with Gasteiger partial charge in [-0.15, -0.1) is 0 Å². The maximum Gasteiger partial charge on any atom is 0.368 e. The van der Waals surface area contributed by atoms with Crippen LogP contribution in [0.2, 0.25) is 0 Å². The van der Waals surface area contributed by atoms with Crippen LogP contribution < -0.4 is 0 Å². The van der Waals surface area contributed by atoms with E-state index in [0.717, 1.165) is 0 Å². The Morgan fingerprint density at radius 2 is 1.15 bits per heavy atom. The van der Waals surface area contributed by atoms with Gasteiger partial charge in [0.2, 0.25) is 6.08 Å². The average molecular weight is 329 g/mol. The Hall–Kier alpha value is -0.320. The third kappa shape index (κ3) is 5.23. The quantitative estimate of drug-likeness (QED) is 0.326. The molecule has 0 aliphatic rings. The lowest BCUT2D eigenvalue weighted by Gasteiger charge is -2.27. The first-order chi connectivity index (χ1) is 9.44. The van der Waals surface area contributed by atoms with Crippen molar-refractivity contribution in [2.45, 2.75) is 33.2 Å². The molecule has 118 valence electrons. The smallest absolute Gasteiger partial charge is 0.307 e. The fourth-order valence-electron chi connectivity index (χ4n) is 1.42. The highest BCUT2D eigenvalue weighted by atomic mass is 31.2. The van der Waals surface area contributed by atoms with Crippen molar-refractivity contribution < 1.29 is 32.0 Å². The van der Waals surface area contributed by atoms with Crippen molar-refractivity contribution >= 4 is 21.3 Å². The van der Waals surface area contributed by atoms with E-state index < -0.39 is 20.7 Å². The largest absolute Gasteiger partial charge is 0.368 e. The second-order valence-electron chi connectivity index (χ2n) is 3.32. The van der Waals surface area contributed by atoms with Gasteiger partial charge in [-0.25, -0.2) is 4.79 Å². The van der Waals surface area contributed by atoms with Gasteiger partial charge in [0.05, 0.1) is 26.4 Å².